The normalized spacial score (nSPS) is 10.7. The highest BCUT2D eigenvalue weighted by Gasteiger charge is 2.05. The number of para-hydroxylation sites is 2. The smallest absolute Gasteiger partial charge is 0.142 e. The molecular weight excluding hydrogens is 238 g/mol. The second-order valence-corrected chi connectivity index (χ2v) is 5.01. The summed E-state index contributed by atoms with van der Waals surface area (Å²) in [6, 6.07) is 8.01. The predicted octanol–water partition coefficient (Wildman–Crippen LogP) is 3.07. The van der Waals surface area contributed by atoms with Gasteiger partial charge < -0.3 is 14.6 Å². The first-order chi connectivity index (χ1) is 9.16. The highest BCUT2D eigenvalue weighted by Crippen LogP contribution is 2.24. The zero-order chi connectivity index (χ0) is 13.7. The maximum Gasteiger partial charge on any atom is 0.142 e. The summed E-state index contributed by atoms with van der Waals surface area (Å²) in [6.45, 7) is 5.69. The van der Waals surface area contributed by atoms with Gasteiger partial charge in [-0.1, -0.05) is 26.0 Å². The van der Waals surface area contributed by atoms with Gasteiger partial charge in [0.2, 0.25) is 0 Å². The fourth-order valence-corrected chi connectivity index (χ4v) is 1.74. The van der Waals surface area contributed by atoms with E-state index in [9.17, 15) is 0 Å². The number of nitrogens with zero attached hydrogens (tertiary/aromatic N) is 2. The van der Waals surface area contributed by atoms with Crippen LogP contribution in [0.15, 0.2) is 36.7 Å². The largest absolute Gasteiger partial charge is 0.491 e. The van der Waals surface area contributed by atoms with E-state index in [0.717, 1.165) is 23.9 Å². The second kappa shape index (κ2) is 6.27. The summed E-state index contributed by atoms with van der Waals surface area (Å²) in [5.74, 6) is 2.41. The van der Waals surface area contributed by atoms with Gasteiger partial charge in [-0.2, -0.15) is 0 Å². The number of hydrogen-bond donors (Lipinski definition) is 1. The number of nitrogens with one attached hydrogen (secondary N) is 1. The van der Waals surface area contributed by atoms with Gasteiger partial charge in [0.15, 0.2) is 0 Å². The minimum Gasteiger partial charge on any atom is -0.491 e. The molecule has 102 valence electrons. The summed E-state index contributed by atoms with van der Waals surface area (Å²) >= 11 is 0. The molecule has 4 heteroatoms. The Morgan fingerprint density at radius 1 is 1.32 bits per heavy atom. The van der Waals surface area contributed by atoms with Crippen molar-refractivity contribution in [2.75, 3.05) is 11.9 Å². The average Bonchev–Trinajstić information content (AvgIpc) is 2.80. The molecule has 0 unspecified atom stereocenters. The molecule has 0 saturated carbocycles. The van der Waals surface area contributed by atoms with Gasteiger partial charge in [-0.15, -0.1) is 0 Å². The summed E-state index contributed by atoms with van der Waals surface area (Å²) in [6.07, 6.45) is 3.75. The van der Waals surface area contributed by atoms with Crippen LogP contribution < -0.4 is 10.1 Å². The van der Waals surface area contributed by atoms with Gasteiger partial charge in [0.05, 0.1) is 18.8 Å². The fraction of sp³-hybridized carbons (Fsp3) is 0.400. The lowest BCUT2D eigenvalue weighted by molar-refractivity contribution is 0.272. The zero-order valence-corrected chi connectivity index (χ0v) is 11.8. The van der Waals surface area contributed by atoms with E-state index >= 15 is 0 Å². The monoisotopic (exact) mass is 259 g/mol. The number of aromatic nitrogens is 2. The maximum atomic E-state index is 5.81. The van der Waals surface area contributed by atoms with Crippen molar-refractivity contribution in [2.45, 2.75) is 20.4 Å². The molecule has 1 N–H and O–H groups in total. The number of benzene rings is 1. The lowest BCUT2D eigenvalue weighted by Crippen LogP contribution is -2.09. The van der Waals surface area contributed by atoms with Crippen LogP contribution in [0.5, 0.6) is 5.75 Å². The van der Waals surface area contributed by atoms with E-state index < -0.39 is 0 Å². The molecule has 0 aliphatic heterocycles. The first-order valence-electron chi connectivity index (χ1n) is 6.58. The molecule has 0 atom stereocenters. The minimum atomic E-state index is 0.516. The van der Waals surface area contributed by atoms with Crippen LogP contribution in [-0.4, -0.2) is 16.2 Å². The highest BCUT2D eigenvalue weighted by molar-refractivity contribution is 5.56. The molecule has 0 spiro atoms. The van der Waals surface area contributed by atoms with Crippen molar-refractivity contribution in [1.29, 1.82) is 0 Å². The average molecular weight is 259 g/mol. The van der Waals surface area contributed by atoms with Gasteiger partial charge >= 0.3 is 0 Å². The van der Waals surface area contributed by atoms with Gasteiger partial charge in [0.25, 0.3) is 0 Å². The number of imidazole rings is 1. The molecule has 4 nitrogen and oxygen atoms in total. The SMILES string of the molecule is CC(C)COc1ccccc1NCc1nccn1C. The third-order valence-electron chi connectivity index (χ3n) is 2.82. The molecule has 2 aromatic rings. The van der Waals surface area contributed by atoms with Crippen LogP contribution in [-0.2, 0) is 13.6 Å². The second-order valence-electron chi connectivity index (χ2n) is 5.01. The molecule has 0 saturated heterocycles. The van der Waals surface area contributed by atoms with Gasteiger partial charge in [-0.05, 0) is 18.1 Å². The molecule has 1 aromatic heterocycles. The lowest BCUT2D eigenvalue weighted by atomic mass is 10.2. The van der Waals surface area contributed by atoms with Gasteiger partial charge in [-0.3, -0.25) is 0 Å². The molecule has 19 heavy (non-hydrogen) atoms. The molecule has 1 aromatic carbocycles. The molecule has 0 bridgehead atoms. The van der Waals surface area contributed by atoms with E-state index in [1.807, 2.05) is 42.1 Å². The van der Waals surface area contributed by atoms with Gasteiger partial charge in [0, 0.05) is 19.4 Å². The molecule has 0 aliphatic rings. The van der Waals surface area contributed by atoms with Crippen LogP contribution in [0.1, 0.15) is 19.7 Å². The number of rotatable bonds is 6. The zero-order valence-electron chi connectivity index (χ0n) is 11.8. The van der Waals surface area contributed by atoms with Crippen molar-refractivity contribution in [1.82, 2.24) is 9.55 Å². The topological polar surface area (TPSA) is 39.1 Å². The highest BCUT2D eigenvalue weighted by atomic mass is 16.5. The summed E-state index contributed by atoms with van der Waals surface area (Å²) in [5, 5.41) is 3.37. The first-order valence-corrected chi connectivity index (χ1v) is 6.58. The first kappa shape index (κ1) is 13.5. The van der Waals surface area contributed by atoms with E-state index in [1.54, 1.807) is 6.20 Å². The maximum absolute atomic E-state index is 5.81. The van der Waals surface area contributed by atoms with E-state index in [0.29, 0.717) is 12.5 Å². The number of aryl methyl sites for hydroxylation is 1. The van der Waals surface area contributed by atoms with Crippen LogP contribution >= 0.6 is 0 Å². The molecular formula is C15H21N3O. The lowest BCUT2D eigenvalue weighted by Gasteiger charge is -2.14. The van der Waals surface area contributed by atoms with Crippen LogP contribution in [0.3, 0.4) is 0 Å². The Morgan fingerprint density at radius 3 is 2.79 bits per heavy atom. The van der Waals surface area contributed by atoms with Crippen LogP contribution in [0.25, 0.3) is 0 Å². The minimum absolute atomic E-state index is 0.516. The van der Waals surface area contributed by atoms with Gasteiger partial charge in [-0.25, -0.2) is 4.98 Å². The quantitative estimate of drug-likeness (QED) is 0.866. The Labute approximate surface area is 114 Å². The third-order valence-corrected chi connectivity index (χ3v) is 2.82. The summed E-state index contributed by atoms with van der Waals surface area (Å²) < 4.78 is 7.81. The Balaban J connectivity index is 2.01. The fourth-order valence-electron chi connectivity index (χ4n) is 1.74. The Kier molecular flexibility index (Phi) is 4.44. The van der Waals surface area contributed by atoms with E-state index in [4.69, 9.17) is 4.74 Å². The van der Waals surface area contributed by atoms with Crippen molar-refractivity contribution >= 4 is 5.69 Å². The number of ether oxygens (including phenoxy) is 1. The summed E-state index contributed by atoms with van der Waals surface area (Å²) in [7, 11) is 1.99. The molecule has 0 amide bonds. The van der Waals surface area contributed by atoms with Crippen LogP contribution in [0.4, 0.5) is 5.69 Å². The van der Waals surface area contributed by atoms with Crippen molar-refractivity contribution in [3.8, 4) is 5.75 Å². The summed E-state index contributed by atoms with van der Waals surface area (Å²) in [5.41, 5.74) is 1.01. The van der Waals surface area contributed by atoms with E-state index in [-0.39, 0.29) is 0 Å². The third kappa shape index (κ3) is 3.74. The molecule has 0 aliphatic carbocycles. The molecule has 2 rings (SSSR count). The molecule has 1 heterocycles. The Bertz CT molecular complexity index is 520. The molecule has 0 fully saturated rings. The predicted molar refractivity (Wildman–Crippen MR) is 77.3 cm³/mol. The van der Waals surface area contributed by atoms with E-state index in [2.05, 4.69) is 24.1 Å². The van der Waals surface area contributed by atoms with Crippen LogP contribution in [0, 0.1) is 5.92 Å². The Hall–Kier alpha value is -1.97. The number of anilines is 1. The van der Waals surface area contributed by atoms with Gasteiger partial charge in [0.1, 0.15) is 11.6 Å². The van der Waals surface area contributed by atoms with E-state index in [1.165, 1.54) is 0 Å². The Morgan fingerprint density at radius 2 is 2.11 bits per heavy atom. The van der Waals surface area contributed by atoms with Crippen molar-refractivity contribution in [2.24, 2.45) is 13.0 Å². The van der Waals surface area contributed by atoms with Crippen molar-refractivity contribution in [3.05, 3.63) is 42.5 Å². The summed E-state index contributed by atoms with van der Waals surface area (Å²) in [4.78, 5) is 4.29. The molecule has 0 radical (unpaired) electrons. The van der Waals surface area contributed by atoms with Crippen LogP contribution in [0.2, 0.25) is 0 Å². The number of hydrogen-bond acceptors (Lipinski definition) is 3. The van der Waals surface area contributed by atoms with Crippen molar-refractivity contribution in [3.63, 3.8) is 0 Å². The van der Waals surface area contributed by atoms with Crippen molar-refractivity contribution < 1.29 is 4.74 Å². The standard InChI is InChI=1S/C15H21N3O/c1-12(2)11-19-14-7-5-4-6-13(14)17-10-15-16-8-9-18(15)3/h4-9,12,17H,10-11H2,1-3H3.